The fourth-order valence-corrected chi connectivity index (χ4v) is 3.89. The molecule has 0 fully saturated rings. The monoisotopic (exact) mass is 448 g/mol. The van der Waals surface area contributed by atoms with E-state index in [1.807, 2.05) is 48.5 Å². The number of hydrogen-bond acceptors (Lipinski definition) is 6. The van der Waals surface area contributed by atoms with Gasteiger partial charge in [-0.2, -0.15) is 0 Å². The van der Waals surface area contributed by atoms with Crippen molar-refractivity contribution in [3.63, 3.8) is 0 Å². The van der Waals surface area contributed by atoms with Gasteiger partial charge in [-0.25, -0.2) is 9.98 Å². The third kappa shape index (κ3) is 3.84. The Morgan fingerprint density at radius 1 is 0.471 bits per heavy atom. The van der Waals surface area contributed by atoms with Crippen LogP contribution in [-0.4, -0.2) is 21.3 Å². The third-order valence-electron chi connectivity index (χ3n) is 5.48. The van der Waals surface area contributed by atoms with Crippen molar-refractivity contribution in [1.29, 1.82) is 0 Å². The molecule has 4 aromatic rings. The number of hydrogen-bond donors (Lipinski definition) is 0. The van der Waals surface area contributed by atoms with E-state index in [-0.39, 0.29) is 11.4 Å². The van der Waals surface area contributed by atoms with Crippen LogP contribution in [0.15, 0.2) is 107 Å². The van der Waals surface area contributed by atoms with E-state index >= 15 is 0 Å². The van der Waals surface area contributed by atoms with Gasteiger partial charge in [0.1, 0.15) is 0 Å². The number of nitrogens with zero attached hydrogens (tertiary/aromatic N) is 4. The molecule has 0 unspecified atom stereocenters. The predicted octanol–water partition coefficient (Wildman–Crippen LogP) is 6.43. The van der Waals surface area contributed by atoms with Gasteiger partial charge in [0.15, 0.2) is 0 Å². The van der Waals surface area contributed by atoms with Gasteiger partial charge in [-0.15, -0.1) is 0 Å². The molecule has 0 atom stereocenters. The van der Waals surface area contributed by atoms with Crippen LogP contribution < -0.4 is 0 Å². The molecule has 0 spiro atoms. The van der Waals surface area contributed by atoms with Gasteiger partial charge in [0.25, 0.3) is 11.4 Å². The fraction of sp³-hybridized carbons (Fsp3) is 0. The summed E-state index contributed by atoms with van der Waals surface area (Å²) in [6, 6.07) is 27.7. The van der Waals surface area contributed by atoms with Gasteiger partial charge in [0.05, 0.1) is 32.6 Å². The van der Waals surface area contributed by atoms with E-state index in [2.05, 4.69) is 0 Å². The van der Waals surface area contributed by atoms with E-state index in [0.717, 1.165) is 22.3 Å². The summed E-state index contributed by atoms with van der Waals surface area (Å²) in [6.07, 6.45) is 0. The fourth-order valence-electron chi connectivity index (χ4n) is 3.89. The second-order valence-electron chi connectivity index (χ2n) is 7.56. The third-order valence-corrected chi connectivity index (χ3v) is 5.48. The van der Waals surface area contributed by atoms with Crippen LogP contribution in [0.25, 0.3) is 11.1 Å². The Morgan fingerprint density at radius 2 is 0.794 bits per heavy atom. The molecule has 0 radical (unpaired) electrons. The van der Waals surface area contributed by atoms with Gasteiger partial charge in [-0.1, -0.05) is 48.5 Å². The molecule has 34 heavy (non-hydrogen) atoms. The number of rotatable bonds is 4. The van der Waals surface area contributed by atoms with Crippen LogP contribution in [0.4, 0.5) is 22.7 Å². The summed E-state index contributed by atoms with van der Waals surface area (Å²) >= 11 is 0. The summed E-state index contributed by atoms with van der Waals surface area (Å²) in [7, 11) is 0. The Balaban J connectivity index is 1.72. The summed E-state index contributed by atoms with van der Waals surface area (Å²) in [5, 5.41) is 22.1. The highest BCUT2D eigenvalue weighted by molar-refractivity contribution is 6.57. The van der Waals surface area contributed by atoms with Crippen molar-refractivity contribution in [3.05, 3.63) is 128 Å². The van der Waals surface area contributed by atoms with Crippen LogP contribution in [0.3, 0.4) is 0 Å². The molecule has 0 aromatic heterocycles. The van der Waals surface area contributed by atoms with Gasteiger partial charge in [-0.05, 0) is 35.4 Å². The molecular formula is C26H16N4O4. The van der Waals surface area contributed by atoms with Crippen molar-refractivity contribution in [1.82, 2.24) is 0 Å². The molecule has 0 heterocycles. The lowest BCUT2D eigenvalue weighted by Crippen LogP contribution is -2.23. The zero-order valence-electron chi connectivity index (χ0n) is 17.7. The zero-order valence-corrected chi connectivity index (χ0v) is 17.7. The maximum Gasteiger partial charge on any atom is 0.269 e. The second-order valence-corrected chi connectivity index (χ2v) is 7.56. The summed E-state index contributed by atoms with van der Waals surface area (Å²) in [4.78, 5) is 30.8. The predicted molar refractivity (Wildman–Crippen MR) is 130 cm³/mol. The Labute approximate surface area is 193 Å². The highest BCUT2D eigenvalue weighted by Gasteiger charge is 2.27. The molecule has 1 aliphatic carbocycles. The quantitative estimate of drug-likeness (QED) is 0.265. The summed E-state index contributed by atoms with van der Waals surface area (Å²) in [5.74, 6) is 0. The molecule has 8 nitrogen and oxygen atoms in total. The summed E-state index contributed by atoms with van der Waals surface area (Å²) in [5.41, 5.74) is 6.04. The highest BCUT2D eigenvalue weighted by atomic mass is 16.6. The van der Waals surface area contributed by atoms with Crippen LogP contribution in [0.2, 0.25) is 0 Å². The van der Waals surface area contributed by atoms with Crippen molar-refractivity contribution in [3.8, 4) is 11.1 Å². The molecule has 1 aliphatic rings. The zero-order chi connectivity index (χ0) is 23.7. The minimum atomic E-state index is -0.454. The van der Waals surface area contributed by atoms with E-state index in [1.165, 1.54) is 24.3 Å². The Hall–Kier alpha value is -4.98. The van der Waals surface area contributed by atoms with Crippen molar-refractivity contribution in [2.24, 2.45) is 9.98 Å². The lowest BCUT2D eigenvalue weighted by molar-refractivity contribution is -0.385. The van der Waals surface area contributed by atoms with Gasteiger partial charge < -0.3 is 0 Å². The van der Waals surface area contributed by atoms with Gasteiger partial charge >= 0.3 is 0 Å². The molecule has 0 saturated heterocycles. The second kappa shape index (κ2) is 8.51. The Kier molecular flexibility index (Phi) is 5.23. The molecule has 0 bridgehead atoms. The van der Waals surface area contributed by atoms with E-state index in [4.69, 9.17) is 9.98 Å². The average molecular weight is 448 g/mol. The lowest BCUT2D eigenvalue weighted by Gasteiger charge is -2.23. The highest BCUT2D eigenvalue weighted by Crippen LogP contribution is 2.36. The minimum absolute atomic E-state index is 0.0156. The number of nitro benzene ring substituents is 2. The topological polar surface area (TPSA) is 111 Å². The number of benzene rings is 4. The van der Waals surface area contributed by atoms with Gasteiger partial charge in [-0.3, -0.25) is 20.2 Å². The number of fused-ring (bicyclic) bond motifs is 3. The van der Waals surface area contributed by atoms with Crippen LogP contribution in [0.5, 0.6) is 0 Å². The first-order valence-electron chi connectivity index (χ1n) is 10.4. The smallest absolute Gasteiger partial charge is 0.258 e. The molecule has 0 saturated carbocycles. The standard InChI is InChI=1S/C26H16N4O4/c31-29(32)19-13-9-17(10-14-19)27-25-23-7-3-1-5-21(23)22-6-2-4-8-24(22)26(25)28-18-11-15-20(16-12-18)30(33)34/h1-16H. The molecule has 0 amide bonds. The van der Waals surface area contributed by atoms with Crippen molar-refractivity contribution < 1.29 is 9.85 Å². The molecule has 8 heteroatoms. The maximum absolute atomic E-state index is 11.0. The van der Waals surface area contributed by atoms with E-state index in [0.29, 0.717) is 22.8 Å². The van der Waals surface area contributed by atoms with Crippen LogP contribution >= 0.6 is 0 Å². The lowest BCUT2D eigenvalue weighted by atomic mass is 9.82. The minimum Gasteiger partial charge on any atom is -0.258 e. The largest absolute Gasteiger partial charge is 0.269 e. The van der Waals surface area contributed by atoms with Gasteiger partial charge in [0, 0.05) is 35.4 Å². The number of aliphatic imine (C=N–C) groups is 2. The first-order valence-corrected chi connectivity index (χ1v) is 10.4. The Morgan fingerprint density at radius 3 is 1.12 bits per heavy atom. The van der Waals surface area contributed by atoms with E-state index < -0.39 is 9.85 Å². The average Bonchev–Trinajstić information content (AvgIpc) is 2.86. The normalized spacial score (nSPS) is 14.5. The molecule has 4 aromatic carbocycles. The summed E-state index contributed by atoms with van der Waals surface area (Å²) < 4.78 is 0. The van der Waals surface area contributed by atoms with Crippen molar-refractivity contribution in [2.45, 2.75) is 0 Å². The SMILES string of the molecule is O=[N+]([O-])c1ccc(N=C2C(=Nc3ccc([N+](=O)[O-])cc3)c3ccccc3-c3ccccc32)cc1. The molecule has 0 N–H and O–H groups in total. The van der Waals surface area contributed by atoms with E-state index in [9.17, 15) is 20.2 Å². The van der Waals surface area contributed by atoms with Crippen LogP contribution in [-0.2, 0) is 0 Å². The van der Waals surface area contributed by atoms with Crippen molar-refractivity contribution >= 4 is 34.2 Å². The molecule has 0 aliphatic heterocycles. The maximum atomic E-state index is 11.0. The van der Waals surface area contributed by atoms with Crippen LogP contribution in [0, 0.1) is 20.2 Å². The molecular weight excluding hydrogens is 432 g/mol. The van der Waals surface area contributed by atoms with E-state index in [1.54, 1.807) is 24.3 Å². The molecule has 5 rings (SSSR count). The van der Waals surface area contributed by atoms with Gasteiger partial charge in [0.2, 0.25) is 0 Å². The van der Waals surface area contributed by atoms with Crippen molar-refractivity contribution in [2.75, 3.05) is 0 Å². The first-order chi connectivity index (χ1) is 16.5. The summed E-state index contributed by atoms with van der Waals surface area (Å²) in [6.45, 7) is 0. The Bertz CT molecular complexity index is 1380. The number of non-ortho nitro benzene ring substituents is 2. The molecule has 164 valence electrons. The number of nitro groups is 2. The first kappa shape index (κ1) is 20.9. The van der Waals surface area contributed by atoms with Crippen LogP contribution in [0.1, 0.15) is 11.1 Å².